The van der Waals surface area contributed by atoms with Crippen LogP contribution in [-0.4, -0.2) is 11.0 Å². The molecule has 0 unspecified atom stereocenters. The molecule has 2 rings (SSSR count). The average molecular weight is 241 g/mol. The van der Waals surface area contributed by atoms with E-state index >= 15 is 0 Å². The molecule has 0 saturated carbocycles. The van der Waals surface area contributed by atoms with E-state index in [1.54, 1.807) is 0 Å². The van der Waals surface area contributed by atoms with Crippen molar-refractivity contribution in [3.05, 3.63) is 54.4 Å². The Kier molecular flexibility index (Phi) is 3.82. The molecule has 0 spiro atoms. The van der Waals surface area contributed by atoms with Crippen LogP contribution >= 0.6 is 0 Å². The van der Waals surface area contributed by atoms with Crippen LogP contribution in [0, 0.1) is 0 Å². The number of nitrogen functional groups attached to an aromatic ring is 1. The van der Waals surface area contributed by atoms with E-state index in [9.17, 15) is 0 Å². The van der Waals surface area contributed by atoms with Crippen molar-refractivity contribution < 1.29 is 0 Å². The van der Waals surface area contributed by atoms with Gasteiger partial charge in [-0.1, -0.05) is 12.1 Å². The van der Waals surface area contributed by atoms with Crippen LogP contribution in [0.4, 0.5) is 11.4 Å². The Morgan fingerprint density at radius 3 is 2.50 bits per heavy atom. The third-order valence-corrected chi connectivity index (χ3v) is 2.92. The molecular weight excluding hydrogens is 222 g/mol. The quantitative estimate of drug-likeness (QED) is 0.836. The lowest BCUT2D eigenvalue weighted by atomic mass is 10.1. The average Bonchev–Trinajstić information content (AvgIpc) is 2.37. The fraction of sp³-hybridized carbons (Fsp3) is 0.267. The summed E-state index contributed by atoms with van der Waals surface area (Å²) in [5.41, 5.74) is 9.04. The van der Waals surface area contributed by atoms with E-state index in [1.807, 2.05) is 42.7 Å². The molecule has 0 amide bonds. The minimum Gasteiger partial charge on any atom is -0.399 e. The number of aromatic nitrogens is 1. The predicted molar refractivity (Wildman–Crippen MR) is 76.4 cm³/mol. The van der Waals surface area contributed by atoms with Gasteiger partial charge in [-0.2, -0.15) is 0 Å². The van der Waals surface area contributed by atoms with Gasteiger partial charge in [0.2, 0.25) is 0 Å². The smallest absolute Gasteiger partial charge is 0.0433 e. The van der Waals surface area contributed by atoms with Crippen LogP contribution in [0.15, 0.2) is 48.8 Å². The number of hydrogen-bond acceptors (Lipinski definition) is 3. The molecule has 94 valence electrons. The van der Waals surface area contributed by atoms with Crippen LogP contribution < -0.4 is 10.6 Å². The number of rotatable bonds is 4. The molecule has 1 heterocycles. The first-order valence-electron chi connectivity index (χ1n) is 6.18. The summed E-state index contributed by atoms with van der Waals surface area (Å²) in [6, 6.07) is 12.5. The van der Waals surface area contributed by atoms with Crippen molar-refractivity contribution in [2.24, 2.45) is 0 Å². The zero-order chi connectivity index (χ0) is 13.0. The van der Waals surface area contributed by atoms with E-state index in [4.69, 9.17) is 5.73 Å². The topological polar surface area (TPSA) is 42.1 Å². The molecule has 3 heteroatoms. The standard InChI is InChI=1S/C15H19N3/c1-12(2)18(15-6-8-17-9-7-15)11-13-4-3-5-14(16)10-13/h3-10,12H,11,16H2,1-2H3. The molecule has 0 aliphatic rings. The van der Waals surface area contributed by atoms with Crippen molar-refractivity contribution in [3.8, 4) is 0 Å². The Bertz CT molecular complexity index is 494. The second-order valence-corrected chi connectivity index (χ2v) is 4.67. The van der Waals surface area contributed by atoms with Crippen molar-refractivity contribution in [1.82, 2.24) is 4.98 Å². The summed E-state index contributed by atoms with van der Waals surface area (Å²) in [7, 11) is 0. The maximum atomic E-state index is 5.82. The highest BCUT2D eigenvalue weighted by molar-refractivity contribution is 5.48. The van der Waals surface area contributed by atoms with Crippen molar-refractivity contribution in [2.45, 2.75) is 26.4 Å². The molecule has 0 radical (unpaired) electrons. The SMILES string of the molecule is CC(C)N(Cc1cccc(N)c1)c1ccncc1. The Labute approximate surface area is 108 Å². The van der Waals surface area contributed by atoms with Gasteiger partial charge in [0.25, 0.3) is 0 Å². The summed E-state index contributed by atoms with van der Waals surface area (Å²) >= 11 is 0. The van der Waals surface area contributed by atoms with Gasteiger partial charge < -0.3 is 10.6 Å². The van der Waals surface area contributed by atoms with Crippen molar-refractivity contribution in [2.75, 3.05) is 10.6 Å². The molecule has 2 aromatic rings. The molecule has 1 aromatic heterocycles. The molecule has 1 aromatic carbocycles. The first kappa shape index (κ1) is 12.4. The van der Waals surface area contributed by atoms with Gasteiger partial charge in [-0.3, -0.25) is 4.98 Å². The second-order valence-electron chi connectivity index (χ2n) is 4.67. The van der Waals surface area contributed by atoms with Crippen molar-refractivity contribution in [3.63, 3.8) is 0 Å². The van der Waals surface area contributed by atoms with Gasteiger partial charge in [-0.15, -0.1) is 0 Å². The highest BCUT2D eigenvalue weighted by atomic mass is 15.1. The monoisotopic (exact) mass is 241 g/mol. The molecule has 0 atom stereocenters. The van der Waals surface area contributed by atoms with Crippen LogP contribution in [0.25, 0.3) is 0 Å². The van der Waals surface area contributed by atoms with E-state index in [0.29, 0.717) is 6.04 Å². The van der Waals surface area contributed by atoms with E-state index in [-0.39, 0.29) is 0 Å². The molecule has 0 saturated heterocycles. The Hall–Kier alpha value is -2.03. The summed E-state index contributed by atoms with van der Waals surface area (Å²) in [5.74, 6) is 0. The zero-order valence-corrected chi connectivity index (χ0v) is 10.9. The number of benzene rings is 1. The van der Waals surface area contributed by atoms with Crippen LogP contribution in [0.1, 0.15) is 19.4 Å². The minimum absolute atomic E-state index is 0.425. The van der Waals surface area contributed by atoms with E-state index in [2.05, 4.69) is 29.8 Å². The molecule has 0 aliphatic heterocycles. The third-order valence-electron chi connectivity index (χ3n) is 2.92. The maximum Gasteiger partial charge on any atom is 0.0433 e. The number of nitrogens with two attached hydrogens (primary N) is 1. The summed E-state index contributed by atoms with van der Waals surface area (Å²) in [4.78, 5) is 6.39. The van der Waals surface area contributed by atoms with Gasteiger partial charge in [0, 0.05) is 36.4 Å². The molecule has 0 aliphatic carbocycles. The molecule has 0 bridgehead atoms. The number of pyridine rings is 1. The Balaban J connectivity index is 2.22. The summed E-state index contributed by atoms with van der Waals surface area (Å²) in [5, 5.41) is 0. The number of hydrogen-bond donors (Lipinski definition) is 1. The van der Waals surface area contributed by atoms with Crippen LogP contribution in [-0.2, 0) is 6.54 Å². The Morgan fingerprint density at radius 1 is 1.17 bits per heavy atom. The maximum absolute atomic E-state index is 5.82. The molecular formula is C15H19N3. The van der Waals surface area contributed by atoms with Crippen molar-refractivity contribution >= 4 is 11.4 Å². The highest BCUT2D eigenvalue weighted by Crippen LogP contribution is 2.19. The van der Waals surface area contributed by atoms with Crippen LogP contribution in [0.2, 0.25) is 0 Å². The normalized spacial score (nSPS) is 10.6. The minimum atomic E-state index is 0.425. The first-order valence-corrected chi connectivity index (χ1v) is 6.18. The van der Waals surface area contributed by atoms with E-state index in [1.165, 1.54) is 11.3 Å². The summed E-state index contributed by atoms with van der Waals surface area (Å²) in [6.45, 7) is 5.23. The predicted octanol–water partition coefficient (Wildman–Crippen LogP) is 3.08. The Morgan fingerprint density at radius 2 is 1.89 bits per heavy atom. The van der Waals surface area contributed by atoms with Gasteiger partial charge in [-0.05, 0) is 43.7 Å². The lowest BCUT2D eigenvalue weighted by molar-refractivity contribution is 0.682. The van der Waals surface area contributed by atoms with E-state index in [0.717, 1.165) is 12.2 Å². The molecule has 0 fully saturated rings. The highest BCUT2D eigenvalue weighted by Gasteiger charge is 2.10. The van der Waals surface area contributed by atoms with E-state index < -0.39 is 0 Å². The van der Waals surface area contributed by atoms with Gasteiger partial charge in [0.1, 0.15) is 0 Å². The van der Waals surface area contributed by atoms with Gasteiger partial charge in [0.15, 0.2) is 0 Å². The largest absolute Gasteiger partial charge is 0.399 e. The fourth-order valence-corrected chi connectivity index (χ4v) is 2.00. The molecule has 2 N–H and O–H groups in total. The lowest BCUT2D eigenvalue weighted by Gasteiger charge is -2.29. The third kappa shape index (κ3) is 3.00. The fourth-order valence-electron chi connectivity index (χ4n) is 2.00. The van der Waals surface area contributed by atoms with Gasteiger partial charge >= 0.3 is 0 Å². The lowest BCUT2D eigenvalue weighted by Crippen LogP contribution is -2.30. The second kappa shape index (κ2) is 5.54. The zero-order valence-electron chi connectivity index (χ0n) is 10.9. The van der Waals surface area contributed by atoms with Gasteiger partial charge in [-0.25, -0.2) is 0 Å². The molecule has 18 heavy (non-hydrogen) atoms. The van der Waals surface area contributed by atoms with Crippen LogP contribution in [0.3, 0.4) is 0 Å². The number of anilines is 2. The summed E-state index contributed by atoms with van der Waals surface area (Å²) < 4.78 is 0. The number of nitrogens with zero attached hydrogens (tertiary/aromatic N) is 2. The van der Waals surface area contributed by atoms with Crippen molar-refractivity contribution in [1.29, 1.82) is 0 Å². The van der Waals surface area contributed by atoms with Gasteiger partial charge in [0.05, 0.1) is 0 Å². The summed E-state index contributed by atoms with van der Waals surface area (Å²) in [6.07, 6.45) is 3.65. The van der Waals surface area contributed by atoms with Crippen LogP contribution in [0.5, 0.6) is 0 Å². The first-order chi connectivity index (χ1) is 8.66. The molecule has 3 nitrogen and oxygen atoms in total.